The minimum Gasteiger partial charge on any atom is -0.461 e. The second-order valence-electron chi connectivity index (χ2n) is 4.31. The molecular formula is C12H19N3O3. The Morgan fingerprint density at radius 3 is 2.83 bits per heavy atom. The van der Waals surface area contributed by atoms with Crippen molar-refractivity contribution in [2.75, 3.05) is 18.9 Å². The molecule has 1 saturated carbocycles. The number of ether oxygens (including phenoxy) is 2. The average Bonchev–Trinajstić information content (AvgIpc) is 2.65. The molecule has 0 saturated heterocycles. The molecule has 1 aliphatic carbocycles. The summed E-state index contributed by atoms with van der Waals surface area (Å²) >= 11 is 0. The third-order valence-corrected chi connectivity index (χ3v) is 3.17. The van der Waals surface area contributed by atoms with Crippen molar-refractivity contribution in [3.05, 3.63) is 12.0 Å². The van der Waals surface area contributed by atoms with Gasteiger partial charge in [-0.25, -0.2) is 9.78 Å². The van der Waals surface area contributed by atoms with E-state index in [1.165, 1.54) is 0 Å². The quantitative estimate of drug-likeness (QED) is 0.802. The van der Waals surface area contributed by atoms with Crippen molar-refractivity contribution in [3.8, 4) is 0 Å². The lowest BCUT2D eigenvalue weighted by Crippen LogP contribution is -2.33. The summed E-state index contributed by atoms with van der Waals surface area (Å²) in [6.45, 7) is 4.79. The van der Waals surface area contributed by atoms with E-state index in [2.05, 4.69) is 4.98 Å². The van der Waals surface area contributed by atoms with Gasteiger partial charge in [-0.05, 0) is 26.7 Å². The van der Waals surface area contributed by atoms with Crippen molar-refractivity contribution in [1.82, 2.24) is 9.55 Å². The Bertz CT molecular complexity index is 424. The number of hydrogen-bond donors (Lipinski definition) is 1. The number of nitrogen functional groups attached to an aromatic ring is 1. The standard InChI is InChI=1S/C12H19N3O3/c1-3-17-9-5-8(6-9)15-7-14-10(11(15)13)12(16)18-4-2/h7-9H,3-6,13H2,1-2H3. The Morgan fingerprint density at radius 1 is 1.50 bits per heavy atom. The topological polar surface area (TPSA) is 79.4 Å². The van der Waals surface area contributed by atoms with E-state index >= 15 is 0 Å². The van der Waals surface area contributed by atoms with Crippen LogP contribution in [0.3, 0.4) is 0 Å². The molecule has 0 atom stereocenters. The molecule has 1 heterocycles. The maximum absolute atomic E-state index is 11.6. The molecular weight excluding hydrogens is 234 g/mol. The third-order valence-electron chi connectivity index (χ3n) is 3.17. The molecule has 6 nitrogen and oxygen atoms in total. The zero-order chi connectivity index (χ0) is 13.1. The predicted octanol–water partition coefficient (Wildman–Crippen LogP) is 1.38. The fourth-order valence-corrected chi connectivity index (χ4v) is 2.16. The second kappa shape index (κ2) is 5.39. The normalized spacial score (nSPS) is 22.6. The number of nitrogens with two attached hydrogens (primary N) is 1. The molecule has 18 heavy (non-hydrogen) atoms. The van der Waals surface area contributed by atoms with Crippen LogP contribution < -0.4 is 5.73 Å². The molecule has 0 spiro atoms. The van der Waals surface area contributed by atoms with Crippen LogP contribution in [0.1, 0.15) is 43.2 Å². The first-order chi connectivity index (χ1) is 8.67. The van der Waals surface area contributed by atoms with E-state index < -0.39 is 5.97 Å². The molecule has 6 heteroatoms. The Hall–Kier alpha value is -1.56. The molecule has 0 radical (unpaired) electrons. The SMILES string of the molecule is CCOC(=O)c1ncn(C2CC(OCC)C2)c1N. The Balaban J connectivity index is 2.01. The van der Waals surface area contributed by atoms with Gasteiger partial charge < -0.3 is 19.8 Å². The summed E-state index contributed by atoms with van der Waals surface area (Å²) in [6.07, 6.45) is 3.73. The fourth-order valence-electron chi connectivity index (χ4n) is 2.16. The molecule has 2 N–H and O–H groups in total. The first-order valence-electron chi connectivity index (χ1n) is 6.28. The average molecular weight is 253 g/mol. The Kier molecular flexibility index (Phi) is 3.86. The van der Waals surface area contributed by atoms with Gasteiger partial charge in [-0.15, -0.1) is 0 Å². The van der Waals surface area contributed by atoms with Crippen LogP contribution >= 0.6 is 0 Å². The highest BCUT2D eigenvalue weighted by Crippen LogP contribution is 2.36. The number of carbonyl (C=O) groups is 1. The van der Waals surface area contributed by atoms with Gasteiger partial charge in [-0.1, -0.05) is 0 Å². The van der Waals surface area contributed by atoms with E-state index in [1.807, 2.05) is 11.5 Å². The van der Waals surface area contributed by atoms with E-state index in [4.69, 9.17) is 15.2 Å². The van der Waals surface area contributed by atoms with Crippen molar-refractivity contribution >= 4 is 11.8 Å². The van der Waals surface area contributed by atoms with Gasteiger partial charge in [-0.2, -0.15) is 0 Å². The first kappa shape index (κ1) is 12.9. The van der Waals surface area contributed by atoms with Crippen LogP contribution in [0.25, 0.3) is 0 Å². The molecule has 0 aliphatic heterocycles. The van der Waals surface area contributed by atoms with Crippen molar-refractivity contribution in [3.63, 3.8) is 0 Å². The zero-order valence-electron chi connectivity index (χ0n) is 10.8. The summed E-state index contributed by atoms with van der Waals surface area (Å²) in [5, 5.41) is 0. The Morgan fingerprint density at radius 2 is 2.22 bits per heavy atom. The highest BCUT2D eigenvalue weighted by Gasteiger charge is 2.33. The number of carbonyl (C=O) groups excluding carboxylic acids is 1. The van der Waals surface area contributed by atoms with Gasteiger partial charge in [-0.3, -0.25) is 0 Å². The number of hydrogen-bond acceptors (Lipinski definition) is 5. The summed E-state index contributed by atoms with van der Waals surface area (Å²) in [6, 6.07) is 0.275. The molecule has 1 fully saturated rings. The predicted molar refractivity (Wildman–Crippen MR) is 66.3 cm³/mol. The highest BCUT2D eigenvalue weighted by molar-refractivity contribution is 5.92. The van der Waals surface area contributed by atoms with Crippen LogP contribution in [-0.2, 0) is 9.47 Å². The van der Waals surface area contributed by atoms with Crippen LogP contribution in [0.2, 0.25) is 0 Å². The molecule has 0 amide bonds. The lowest BCUT2D eigenvalue weighted by molar-refractivity contribution is -0.0192. The summed E-state index contributed by atoms with van der Waals surface area (Å²) in [5.74, 6) is -0.0807. The monoisotopic (exact) mass is 253 g/mol. The van der Waals surface area contributed by atoms with Crippen molar-refractivity contribution in [1.29, 1.82) is 0 Å². The van der Waals surface area contributed by atoms with Crippen LogP contribution in [0.5, 0.6) is 0 Å². The van der Waals surface area contributed by atoms with Gasteiger partial charge in [0.1, 0.15) is 5.82 Å². The summed E-state index contributed by atoms with van der Waals surface area (Å²) in [4.78, 5) is 15.6. The molecule has 1 aromatic rings. The van der Waals surface area contributed by atoms with Crippen LogP contribution in [0.15, 0.2) is 6.33 Å². The summed E-state index contributed by atoms with van der Waals surface area (Å²) < 4.78 is 12.2. The second-order valence-corrected chi connectivity index (χ2v) is 4.31. The van der Waals surface area contributed by atoms with Gasteiger partial charge in [0.15, 0.2) is 5.69 Å². The lowest BCUT2D eigenvalue weighted by atomic mass is 9.89. The molecule has 1 aliphatic rings. The first-order valence-corrected chi connectivity index (χ1v) is 6.28. The minimum atomic E-state index is -0.463. The Labute approximate surface area is 106 Å². The number of anilines is 1. The maximum Gasteiger partial charge on any atom is 0.360 e. The largest absolute Gasteiger partial charge is 0.461 e. The van der Waals surface area contributed by atoms with Gasteiger partial charge in [0.2, 0.25) is 0 Å². The van der Waals surface area contributed by atoms with E-state index in [9.17, 15) is 4.79 Å². The molecule has 2 rings (SSSR count). The van der Waals surface area contributed by atoms with Crippen LogP contribution in [0, 0.1) is 0 Å². The van der Waals surface area contributed by atoms with E-state index in [1.54, 1.807) is 13.3 Å². The van der Waals surface area contributed by atoms with Gasteiger partial charge in [0, 0.05) is 12.6 Å². The fraction of sp³-hybridized carbons (Fsp3) is 0.667. The highest BCUT2D eigenvalue weighted by atomic mass is 16.5. The van der Waals surface area contributed by atoms with Crippen molar-refractivity contribution in [2.24, 2.45) is 0 Å². The van der Waals surface area contributed by atoms with Gasteiger partial charge >= 0.3 is 5.97 Å². The van der Waals surface area contributed by atoms with Crippen LogP contribution in [-0.4, -0.2) is 34.8 Å². The van der Waals surface area contributed by atoms with Gasteiger partial charge in [0.05, 0.1) is 19.0 Å². The molecule has 0 bridgehead atoms. The molecule has 0 unspecified atom stereocenters. The molecule has 0 aromatic carbocycles. The number of esters is 1. The third kappa shape index (κ3) is 2.33. The summed E-state index contributed by atoms with van der Waals surface area (Å²) in [5.41, 5.74) is 6.13. The lowest BCUT2D eigenvalue weighted by Gasteiger charge is -2.36. The number of aromatic nitrogens is 2. The van der Waals surface area contributed by atoms with Gasteiger partial charge in [0.25, 0.3) is 0 Å². The number of rotatable bonds is 5. The zero-order valence-corrected chi connectivity index (χ0v) is 10.8. The van der Waals surface area contributed by atoms with Crippen LogP contribution in [0.4, 0.5) is 5.82 Å². The van der Waals surface area contributed by atoms with E-state index in [0.29, 0.717) is 18.5 Å². The summed E-state index contributed by atoms with van der Waals surface area (Å²) in [7, 11) is 0. The number of nitrogens with zero attached hydrogens (tertiary/aromatic N) is 2. The maximum atomic E-state index is 11.6. The minimum absolute atomic E-state index is 0.205. The van der Waals surface area contributed by atoms with E-state index in [-0.39, 0.29) is 11.7 Å². The van der Waals surface area contributed by atoms with Crippen molar-refractivity contribution in [2.45, 2.75) is 38.8 Å². The molecule has 100 valence electrons. The smallest absolute Gasteiger partial charge is 0.360 e. The molecule has 1 aromatic heterocycles. The van der Waals surface area contributed by atoms with E-state index in [0.717, 1.165) is 19.4 Å². The van der Waals surface area contributed by atoms with Crippen molar-refractivity contribution < 1.29 is 14.3 Å². The number of imidazole rings is 1.